The van der Waals surface area contributed by atoms with E-state index in [0.29, 0.717) is 12.0 Å². The van der Waals surface area contributed by atoms with E-state index >= 15 is 0 Å². The summed E-state index contributed by atoms with van der Waals surface area (Å²) in [6.07, 6.45) is 2.22. The molecule has 1 aliphatic heterocycles. The molecular formula is C16H23F2N3O. The van der Waals surface area contributed by atoms with Gasteiger partial charge in [0.15, 0.2) is 11.6 Å². The quantitative estimate of drug-likeness (QED) is 0.874. The maximum absolute atomic E-state index is 13.5. The van der Waals surface area contributed by atoms with Gasteiger partial charge in [0, 0.05) is 12.6 Å². The number of amides is 1. The molecule has 1 aliphatic rings. The Hall–Kier alpha value is -1.53. The summed E-state index contributed by atoms with van der Waals surface area (Å²) >= 11 is 0. The molecule has 3 unspecified atom stereocenters. The molecule has 1 aromatic carbocycles. The number of carbonyl (C=O) groups excluding carboxylic acids is 1. The summed E-state index contributed by atoms with van der Waals surface area (Å²) in [5.41, 5.74) is 6.49. The van der Waals surface area contributed by atoms with Crippen LogP contribution in [0.5, 0.6) is 0 Å². The highest BCUT2D eigenvalue weighted by Gasteiger charge is 2.35. The third-order valence-corrected chi connectivity index (χ3v) is 4.20. The van der Waals surface area contributed by atoms with Crippen molar-refractivity contribution in [3.8, 4) is 0 Å². The van der Waals surface area contributed by atoms with E-state index in [1.807, 2.05) is 18.9 Å². The Bertz CT molecular complexity index is 538. The Labute approximate surface area is 129 Å². The Morgan fingerprint density at radius 1 is 1.45 bits per heavy atom. The zero-order valence-corrected chi connectivity index (χ0v) is 13.0. The number of carbonyl (C=O) groups is 1. The molecule has 1 saturated heterocycles. The fourth-order valence-electron chi connectivity index (χ4n) is 3.01. The van der Waals surface area contributed by atoms with Crippen LogP contribution in [-0.2, 0) is 4.79 Å². The first-order valence-electron chi connectivity index (χ1n) is 7.65. The van der Waals surface area contributed by atoms with Crippen LogP contribution in [0.1, 0.15) is 37.8 Å². The molecule has 0 aromatic heterocycles. The van der Waals surface area contributed by atoms with Gasteiger partial charge in [0.05, 0.1) is 12.1 Å². The van der Waals surface area contributed by atoms with Gasteiger partial charge in [0.25, 0.3) is 0 Å². The number of likely N-dealkylation sites (tertiary alicyclic amines) is 1. The van der Waals surface area contributed by atoms with Crippen LogP contribution in [0.25, 0.3) is 0 Å². The van der Waals surface area contributed by atoms with Crippen molar-refractivity contribution in [1.82, 2.24) is 10.2 Å². The molecule has 6 heteroatoms. The maximum atomic E-state index is 13.5. The zero-order valence-electron chi connectivity index (χ0n) is 13.0. The topological polar surface area (TPSA) is 58.4 Å². The molecular weight excluding hydrogens is 288 g/mol. The molecule has 1 aromatic rings. The molecule has 0 spiro atoms. The number of hydrogen-bond donors (Lipinski definition) is 2. The second-order valence-corrected chi connectivity index (χ2v) is 5.90. The fraction of sp³-hybridized carbons (Fsp3) is 0.562. The lowest BCUT2D eigenvalue weighted by molar-refractivity contribution is -0.123. The zero-order chi connectivity index (χ0) is 16.3. The van der Waals surface area contributed by atoms with Gasteiger partial charge in [0.2, 0.25) is 5.91 Å². The summed E-state index contributed by atoms with van der Waals surface area (Å²) in [5.74, 6) is -1.92. The highest BCUT2D eigenvalue weighted by atomic mass is 19.2. The van der Waals surface area contributed by atoms with E-state index in [2.05, 4.69) is 5.32 Å². The van der Waals surface area contributed by atoms with E-state index < -0.39 is 17.7 Å². The summed E-state index contributed by atoms with van der Waals surface area (Å²) in [7, 11) is 1.91. The molecule has 4 nitrogen and oxygen atoms in total. The lowest BCUT2D eigenvalue weighted by atomic mass is 9.99. The number of nitrogens with one attached hydrogen (secondary N) is 1. The number of hydrogen-bond acceptors (Lipinski definition) is 3. The van der Waals surface area contributed by atoms with Crippen molar-refractivity contribution in [1.29, 1.82) is 0 Å². The predicted molar refractivity (Wildman–Crippen MR) is 81.2 cm³/mol. The normalized spacial score (nSPS) is 23.5. The van der Waals surface area contributed by atoms with Crippen LogP contribution in [0.3, 0.4) is 0 Å². The maximum Gasteiger partial charge on any atom is 0.237 e. The lowest BCUT2D eigenvalue weighted by Gasteiger charge is -2.27. The lowest BCUT2D eigenvalue weighted by Crippen LogP contribution is -2.47. The first-order valence-corrected chi connectivity index (χ1v) is 7.65. The van der Waals surface area contributed by atoms with Crippen LogP contribution in [0, 0.1) is 11.6 Å². The van der Waals surface area contributed by atoms with Crippen LogP contribution in [0.4, 0.5) is 8.78 Å². The second-order valence-electron chi connectivity index (χ2n) is 5.90. The second kappa shape index (κ2) is 7.15. The van der Waals surface area contributed by atoms with Crippen molar-refractivity contribution in [2.45, 2.75) is 44.3 Å². The van der Waals surface area contributed by atoms with Crippen molar-refractivity contribution in [3.63, 3.8) is 0 Å². The van der Waals surface area contributed by atoms with Gasteiger partial charge in [-0.3, -0.25) is 9.69 Å². The van der Waals surface area contributed by atoms with Crippen LogP contribution in [-0.4, -0.2) is 36.5 Å². The van der Waals surface area contributed by atoms with Crippen LogP contribution < -0.4 is 11.1 Å². The standard InChI is InChI=1S/C16H23F2N3O/c1-3-4-13(19)16(22)20-14-7-8-21(2)15(14)10-5-6-11(17)12(18)9-10/h5-6,9,13-15H,3-4,7-8,19H2,1-2H3,(H,20,22). The van der Waals surface area contributed by atoms with E-state index in [0.717, 1.165) is 25.5 Å². The SMILES string of the molecule is CCCC(N)C(=O)NC1CCN(C)C1c1ccc(F)c(F)c1. The largest absolute Gasteiger partial charge is 0.350 e. The van der Waals surface area contributed by atoms with Gasteiger partial charge in [-0.2, -0.15) is 0 Å². The number of rotatable bonds is 5. The third kappa shape index (κ3) is 3.62. The van der Waals surface area contributed by atoms with Gasteiger partial charge in [-0.15, -0.1) is 0 Å². The van der Waals surface area contributed by atoms with Gasteiger partial charge in [-0.1, -0.05) is 19.4 Å². The van der Waals surface area contributed by atoms with Gasteiger partial charge in [-0.05, 0) is 37.6 Å². The minimum atomic E-state index is -0.870. The van der Waals surface area contributed by atoms with Gasteiger partial charge >= 0.3 is 0 Å². The van der Waals surface area contributed by atoms with Crippen molar-refractivity contribution < 1.29 is 13.6 Å². The van der Waals surface area contributed by atoms with Gasteiger partial charge in [0.1, 0.15) is 0 Å². The van der Waals surface area contributed by atoms with Gasteiger partial charge < -0.3 is 11.1 Å². The molecule has 3 N–H and O–H groups in total. The molecule has 2 rings (SSSR count). The molecule has 122 valence electrons. The number of nitrogens with zero attached hydrogens (tertiary/aromatic N) is 1. The van der Waals surface area contributed by atoms with E-state index in [4.69, 9.17) is 5.73 Å². The molecule has 1 heterocycles. The predicted octanol–water partition coefficient (Wildman–Crippen LogP) is 1.95. The minimum absolute atomic E-state index is 0.148. The monoisotopic (exact) mass is 311 g/mol. The summed E-state index contributed by atoms with van der Waals surface area (Å²) in [6.45, 7) is 2.75. The summed E-state index contributed by atoms with van der Waals surface area (Å²) in [4.78, 5) is 14.1. The summed E-state index contributed by atoms with van der Waals surface area (Å²) < 4.78 is 26.6. The first kappa shape index (κ1) is 16.8. The molecule has 0 bridgehead atoms. The Kier molecular flexibility index (Phi) is 5.47. The number of nitrogens with two attached hydrogens (primary N) is 1. The smallest absolute Gasteiger partial charge is 0.237 e. The average Bonchev–Trinajstić information content (AvgIpc) is 2.83. The minimum Gasteiger partial charge on any atom is -0.350 e. The average molecular weight is 311 g/mol. The Balaban J connectivity index is 2.14. The van der Waals surface area contributed by atoms with Crippen LogP contribution in [0.2, 0.25) is 0 Å². The molecule has 0 radical (unpaired) electrons. The summed E-state index contributed by atoms with van der Waals surface area (Å²) in [5, 5.41) is 2.95. The molecule has 22 heavy (non-hydrogen) atoms. The van der Waals surface area contributed by atoms with E-state index in [1.165, 1.54) is 6.07 Å². The Morgan fingerprint density at radius 3 is 2.82 bits per heavy atom. The van der Waals surface area contributed by atoms with Crippen LogP contribution >= 0.6 is 0 Å². The molecule has 1 amide bonds. The molecule has 0 aliphatic carbocycles. The molecule has 0 saturated carbocycles. The number of likely N-dealkylation sites (N-methyl/N-ethyl adjacent to an activating group) is 1. The molecule has 3 atom stereocenters. The fourth-order valence-corrected chi connectivity index (χ4v) is 3.01. The van der Waals surface area contributed by atoms with Crippen molar-refractivity contribution in [2.24, 2.45) is 5.73 Å². The van der Waals surface area contributed by atoms with Crippen LogP contribution in [0.15, 0.2) is 18.2 Å². The highest BCUT2D eigenvalue weighted by Crippen LogP contribution is 2.31. The van der Waals surface area contributed by atoms with E-state index in [1.54, 1.807) is 6.07 Å². The van der Waals surface area contributed by atoms with E-state index in [-0.39, 0.29) is 18.0 Å². The van der Waals surface area contributed by atoms with Crippen molar-refractivity contribution in [3.05, 3.63) is 35.4 Å². The number of halogens is 2. The third-order valence-electron chi connectivity index (χ3n) is 4.20. The van der Waals surface area contributed by atoms with E-state index in [9.17, 15) is 13.6 Å². The summed E-state index contributed by atoms with van der Waals surface area (Å²) in [6, 6.07) is 3.04. The number of benzene rings is 1. The Morgan fingerprint density at radius 2 is 2.18 bits per heavy atom. The van der Waals surface area contributed by atoms with Gasteiger partial charge in [-0.25, -0.2) is 8.78 Å². The highest BCUT2D eigenvalue weighted by molar-refractivity contribution is 5.81. The molecule has 1 fully saturated rings. The first-order chi connectivity index (χ1) is 10.4. The van der Waals surface area contributed by atoms with Crippen molar-refractivity contribution >= 4 is 5.91 Å². The van der Waals surface area contributed by atoms with Crippen molar-refractivity contribution in [2.75, 3.05) is 13.6 Å².